The summed E-state index contributed by atoms with van der Waals surface area (Å²) in [6.07, 6.45) is 0.921. The average molecular weight is 159 g/mol. The van der Waals surface area contributed by atoms with Crippen molar-refractivity contribution in [3.05, 3.63) is 0 Å². The Hall–Kier alpha value is -0.570. The molecule has 1 atom stereocenters. The smallest absolute Gasteiger partial charge is 0.320 e. The molecule has 0 aromatic heterocycles. The summed E-state index contributed by atoms with van der Waals surface area (Å²) in [4.78, 5) is 10.4. The van der Waals surface area contributed by atoms with Crippen LogP contribution in [0, 0.1) is 0 Å². The first-order valence-electron chi connectivity index (χ1n) is 3.89. The molecule has 3 nitrogen and oxygen atoms in total. The number of rotatable bonds is 4. The van der Waals surface area contributed by atoms with E-state index < -0.39 is 12.0 Å². The van der Waals surface area contributed by atoms with Crippen LogP contribution in [0.25, 0.3) is 0 Å². The molecule has 0 aliphatic rings. The number of nitrogens with one attached hydrogen (secondary N) is 1. The third kappa shape index (κ3) is 3.98. The van der Waals surface area contributed by atoms with E-state index in [0.29, 0.717) is 0 Å². The van der Waals surface area contributed by atoms with Gasteiger partial charge in [-0.25, -0.2) is 0 Å². The summed E-state index contributed by atoms with van der Waals surface area (Å²) in [6, 6.07) is -0.468. The minimum Gasteiger partial charge on any atom is -0.480 e. The van der Waals surface area contributed by atoms with Crippen molar-refractivity contribution >= 4 is 5.97 Å². The summed E-state index contributed by atoms with van der Waals surface area (Å²) in [5, 5.41) is 11.6. The van der Waals surface area contributed by atoms with Gasteiger partial charge >= 0.3 is 5.97 Å². The van der Waals surface area contributed by atoms with Gasteiger partial charge in [0.1, 0.15) is 6.04 Å². The summed E-state index contributed by atoms with van der Waals surface area (Å²) in [6.45, 7) is 7.67. The highest BCUT2D eigenvalue weighted by atomic mass is 16.4. The van der Waals surface area contributed by atoms with E-state index >= 15 is 0 Å². The second kappa shape index (κ2) is 3.72. The van der Waals surface area contributed by atoms with Crippen LogP contribution in [0.5, 0.6) is 0 Å². The molecule has 0 radical (unpaired) electrons. The van der Waals surface area contributed by atoms with Crippen LogP contribution < -0.4 is 5.32 Å². The second-order valence-corrected chi connectivity index (χ2v) is 3.44. The molecule has 0 saturated heterocycles. The van der Waals surface area contributed by atoms with E-state index in [9.17, 15) is 4.79 Å². The highest BCUT2D eigenvalue weighted by Gasteiger charge is 2.20. The number of carboxylic acids is 1. The van der Waals surface area contributed by atoms with Gasteiger partial charge in [0.15, 0.2) is 0 Å². The number of carboxylic acid groups (broad SMARTS) is 1. The first-order valence-corrected chi connectivity index (χ1v) is 3.89. The Balaban J connectivity index is 3.93. The van der Waals surface area contributed by atoms with Gasteiger partial charge in [-0.3, -0.25) is 10.1 Å². The lowest BCUT2D eigenvalue weighted by Gasteiger charge is -2.26. The molecule has 1 unspecified atom stereocenters. The maximum Gasteiger partial charge on any atom is 0.320 e. The first kappa shape index (κ1) is 10.4. The van der Waals surface area contributed by atoms with Crippen LogP contribution in [0.1, 0.15) is 34.1 Å². The van der Waals surface area contributed by atoms with Crippen LogP contribution in [0.2, 0.25) is 0 Å². The summed E-state index contributed by atoms with van der Waals surface area (Å²) >= 11 is 0. The molecule has 0 aromatic rings. The van der Waals surface area contributed by atoms with E-state index in [-0.39, 0.29) is 5.54 Å². The van der Waals surface area contributed by atoms with E-state index in [4.69, 9.17) is 5.11 Å². The van der Waals surface area contributed by atoms with Gasteiger partial charge in [0.05, 0.1) is 0 Å². The minimum atomic E-state index is -0.800. The quantitative estimate of drug-likeness (QED) is 0.648. The zero-order valence-corrected chi connectivity index (χ0v) is 7.64. The molecule has 0 spiro atoms. The molecular formula is C8H17NO2. The lowest BCUT2D eigenvalue weighted by molar-refractivity contribution is -0.139. The molecule has 0 aliphatic carbocycles. The van der Waals surface area contributed by atoms with Crippen LogP contribution in [0.15, 0.2) is 0 Å². The molecule has 3 heteroatoms. The summed E-state index contributed by atoms with van der Waals surface area (Å²) < 4.78 is 0. The maximum absolute atomic E-state index is 10.4. The molecule has 0 bridgehead atoms. The van der Waals surface area contributed by atoms with Gasteiger partial charge in [0, 0.05) is 5.54 Å². The monoisotopic (exact) mass is 159 g/mol. The van der Waals surface area contributed by atoms with Gasteiger partial charge in [0.2, 0.25) is 0 Å². The van der Waals surface area contributed by atoms with Crippen molar-refractivity contribution in [3.63, 3.8) is 0 Å². The van der Waals surface area contributed by atoms with Crippen molar-refractivity contribution in [3.8, 4) is 0 Å². The predicted molar refractivity (Wildman–Crippen MR) is 44.6 cm³/mol. The number of hydrogen-bond acceptors (Lipinski definition) is 2. The predicted octanol–water partition coefficient (Wildman–Crippen LogP) is 1.24. The Kier molecular flexibility index (Phi) is 3.52. The molecule has 0 fully saturated rings. The third-order valence-electron chi connectivity index (χ3n) is 1.86. The van der Waals surface area contributed by atoms with E-state index in [1.54, 1.807) is 6.92 Å². The molecule has 0 amide bonds. The van der Waals surface area contributed by atoms with Gasteiger partial charge in [-0.1, -0.05) is 6.92 Å². The third-order valence-corrected chi connectivity index (χ3v) is 1.86. The van der Waals surface area contributed by atoms with Gasteiger partial charge in [-0.15, -0.1) is 0 Å². The molecule has 2 N–H and O–H groups in total. The van der Waals surface area contributed by atoms with Crippen LogP contribution in [-0.2, 0) is 4.79 Å². The van der Waals surface area contributed by atoms with Crippen molar-refractivity contribution in [2.45, 2.75) is 45.7 Å². The Morgan fingerprint density at radius 2 is 2.09 bits per heavy atom. The van der Waals surface area contributed by atoms with Crippen LogP contribution >= 0.6 is 0 Å². The average Bonchev–Trinajstić information content (AvgIpc) is 1.87. The molecule has 0 rings (SSSR count). The number of carbonyl (C=O) groups is 1. The molecule has 0 aromatic carbocycles. The zero-order valence-electron chi connectivity index (χ0n) is 7.64. The Bertz CT molecular complexity index is 143. The lowest BCUT2D eigenvalue weighted by Crippen LogP contribution is -2.47. The normalized spacial score (nSPS) is 14.5. The molecule has 11 heavy (non-hydrogen) atoms. The van der Waals surface area contributed by atoms with Crippen molar-refractivity contribution in [2.75, 3.05) is 0 Å². The molecule has 0 aliphatic heterocycles. The fourth-order valence-corrected chi connectivity index (χ4v) is 0.750. The topological polar surface area (TPSA) is 49.3 Å². The Labute approximate surface area is 67.8 Å². The van der Waals surface area contributed by atoms with Crippen molar-refractivity contribution in [1.82, 2.24) is 5.32 Å². The highest BCUT2D eigenvalue weighted by molar-refractivity contribution is 5.72. The second-order valence-electron chi connectivity index (χ2n) is 3.44. The van der Waals surface area contributed by atoms with Crippen LogP contribution in [0.3, 0.4) is 0 Å². The van der Waals surface area contributed by atoms with Crippen molar-refractivity contribution in [1.29, 1.82) is 0 Å². The van der Waals surface area contributed by atoms with Crippen molar-refractivity contribution in [2.24, 2.45) is 0 Å². The van der Waals surface area contributed by atoms with Gasteiger partial charge in [0.25, 0.3) is 0 Å². The van der Waals surface area contributed by atoms with Crippen molar-refractivity contribution < 1.29 is 9.90 Å². The van der Waals surface area contributed by atoms with Gasteiger partial charge < -0.3 is 5.11 Å². The molecule has 0 saturated carbocycles. The minimum absolute atomic E-state index is 0.0855. The first-order chi connectivity index (χ1) is 4.89. The number of aliphatic carboxylic acids is 1. The van der Waals surface area contributed by atoms with E-state index in [0.717, 1.165) is 6.42 Å². The zero-order chi connectivity index (χ0) is 9.07. The van der Waals surface area contributed by atoms with Crippen LogP contribution in [-0.4, -0.2) is 22.7 Å². The van der Waals surface area contributed by atoms with E-state index in [2.05, 4.69) is 5.32 Å². The van der Waals surface area contributed by atoms with E-state index in [1.165, 1.54) is 0 Å². The van der Waals surface area contributed by atoms with E-state index in [1.807, 2.05) is 20.8 Å². The largest absolute Gasteiger partial charge is 0.480 e. The summed E-state index contributed by atoms with van der Waals surface area (Å²) in [7, 11) is 0. The Morgan fingerprint density at radius 3 is 2.36 bits per heavy atom. The van der Waals surface area contributed by atoms with Gasteiger partial charge in [-0.2, -0.15) is 0 Å². The lowest BCUT2D eigenvalue weighted by atomic mass is 10.0. The fraction of sp³-hybridized carbons (Fsp3) is 0.875. The molecule has 0 heterocycles. The fourth-order valence-electron chi connectivity index (χ4n) is 0.750. The summed E-state index contributed by atoms with van der Waals surface area (Å²) in [5.74, 6) is -0.800. The number of hydrogen-bond donors (Lipinski definition) is 2. The highest BCUT2D eigenvalue weighted by Crippen LogP contribution is 2.07. The van der Waals surface area contributed by atoms with Crippen LogP contribution in [0.4, 0.5) is 0 Å². The van der Waals surface area contributed by atoms with Gasteiger partial charge in [-0.05, 0) is 27.2 Å². The summed E-state index contributed by atoms with van der Waals surface area (Å²) in [5.41, 5.74) is -0.0855. The SMILES string of the molecule is CCC(C)(C)NC(C)C(=O)O. The Morgan fingerprint density at radius 1 is 1.64 bits per heavy atom. The molecule has 66 valence electrons. The maximum atomic E-state index is 10.4. The molecular weight excluding hydrogens is 142 g/mol. The standard InChI is InChI=1S/C8H17NO2/c1-5-8(3,4)9-6(2)7(10)11/h6,9H,5H2,1-4H3,(H,10,11).